The van der Waals surface area contributed by atoms with Gasteiger partial charge in [-0.3, -0.25) is 14.0 Å². The van der Waals surface area contributed by atoms with Crippen LogP contribution in [0.1, 0.15) is 47.9 Å². The van der Waals surface area contributed by atoms with Crippen LogP contribution in [0.25, 0.3) is 5.65 Å². The summed E-state index contributed by atoms with van der Waals surface area (Å²) < 4.78 is 7.45. The molecule has 1 aliphatic heterocycles. The molecule has 1 saturated heterocycles. The molecule has 4 rings (SSSR count). The Morgan fingerprint density at radius 2 is 2.00 bits per heavy atom. The number of aromatic nitrogens is 3. The van der Waals surface area contributed by atoms with E-state index in [1.807, 2.05) is 48.7 Å². The zero-order valence-corrected chi connectivity index (χ0v) is 18.5. The van der Waals surface area contributed by atoms with Crippen molar-refractivity contribution < 1.29 is 19.4 Å². The minimum absolute atomic E-state index is 0.0310. The van der Waals surface area contributed by atoms with Crippen molar-refractivity contribution >= 4 is 23.2 Å². The first-order valence-electron chi connectivity index (χ1n) is 11.0. The van der Waals surface area contributed by atoms with Gasteiger partial charge in [0.1, 0.15) is 11.5 Å². The van der Waals surface area contributed by atoms with Gasteiger partial charge < -0.3 is 14.7 Å². The smallest absolute Gasteiger partial charge is 0.306 e. The lowest BCUT2D eigenvalue weighted by molar-refractivity contribution is -0.142. The normalized spacial score (nSPS) is 14.6. The number of fused-ring (bicyclic) bond motifs is 1. The van der Waals surface area contributed by atoms with Crippen LogP contribution >= 0.6 is 0 Å². The predicted molar refractivity (Wildman–Crippen MR) is 121 cm³/mol. The zero-order valence-electron chi connectivity index (χ0n) is 18.5. The van der Waals surface area contributed by atoms with Crippen LogP contribution in [-0.2, 0) is 11.2 Å². The van der Waals surface area contributed by atoms with Crippen molar-refractivity contribution in [3.63, 3.8) is 0 Å². The number of ether oxygens (including phenoxy) is 1. The number of anilines is 1. The van der Waals surface area contributed by atoms with Crippen LogP contribution in [0, 0.1) is 12.8 Å². The molecule has 0 aliphatic carbocycles. The number of imidazole rings is 1. The van der Waals surface area contributed by atoms with Crippen molar-refractivity contribution in [2.75, 3.05) is 24.6 Å². The van der Waals surface area contributed by atoms with E-state index in [-0.39, 0.29) is 11.7 Å². The first-order chi connectivity index (χ1) is 15.5. The SMILES string of the molecule is CCOc1cccn2c(C(=O)CCc3ccc(N4CCC(C(=O)O)CC4)nc3)c(C)nc12. The highest BCUT2D eigenvalue weighted by Crippen LogP contribution is 2.24. The maximum Gasteiger partial charge on any atom is 0.306 e. The number of hydrogen-bond donors (Lipinski definition) is 1. The quantitative estimate of drug-likeness (QED) is 0.539. The third kappa shape index (κ3) is 4.44. The first-order valence-corrected chi connectivity index (χ1v) is 11.0. The molecule has 0 aromatic carbocycles. The van der Waals surface area contributed by atoms with Gasteiger partial charge in [-0.05, 0) is 56.9 Å². The Kier molecular flexibility index (Phi) is 6.39. The lowest BCUT2D eigenvalue weighted by Crippen LogP contribution is -2.36. The fourth-order valence-corrected chi connectivity index (χ4v) is 4.24. The molecule has 3 aromatic heterocycles. The maximum atomic E-state index is 13.0. The van der Waals surface area contributed by atoms with Crippen LogP contribution in [0.2, 0.25) is 0 Å². The molecule has 0 saturated carbocycles. The average molecular weight is 437 g/mol. The van der Waals surface area contributed by atoms with E-state index in [0.29, 0.717) is 68.2 Å². The molecule has 0 bridgehead atoms. The largest absolute Gasteiger partial charge is 0.490 e. The summed E-state index contributed by atoms with van der Waals surface area (Å²) in [5.41, 5.74) is 2.93. The molecule has 0 unspecified atom stereocenters. The molecule has 8 heteroatoms. The minimum Gasteiger partial charge on any atom is -0.490 e. The van der Waals surface area contributed by atoms with Crippen molar-refractivity contribution in [3.8, 4) is 5.75 Å². The highest BCUT2D eigenvalue weighted by atomic mass is 16.5. The van der Waals surface area contributed by atoms with E-state index in [1.54, 1.807) is 6.20 Å². The van der Waals surface area contributed by atoms with E-state index in [0.717, 1.165) is 11.4 Å². The fraction of sp³-hybridized carbons (Fsp3) is 0.417. The van der Waals surface area contributed by atoms with Crippen LogP contribution in [0.3, 0.4) is 0 Å². The van der Waals surface area contributed by atoms with Crippen molar-refractivity contribution in [3.05, 3.63) is 53.6 Å². The summed E-state index contributed by atoms with van der Waals surface area (Å²) in [7, 11) is 0. The monoisotopic (exact) mass is 436 g/mol. The number of Topliss-reactive ketones (excluding diaryl/α,β-unsaturated/α-hetero) is 1. The molecule has 0 atom stereocenters. The van der Waals surface area contributed by atoms with Gasteiger partial charge in [0, 0.05) is 31.9 Å². The van der Waals surface area contributed by atoms with Crippen LogP contribution in [0.5, 0.6) is 5.75 Å². The number of carboxylic acids is 1. The summed E-state index contributed by atoms with van der Waals surface area (Å²) in [6.45, 7) is 5.69. The summed E-state index contributed by atoms with van der Waals surface area (Å²) in [6.07, 6.45) is 5.87. The number of nitrogens with zero attached hydrogens (tertiary/aromatic N) is 4. The number of carbonyl (C=O) groups excluding carboxylic acids is 1. The average Bonchev–Trinajstić information content (AvgIpc) is 3.15. The zero-order chi connectivity index (χ0) is 22.7. The summed E-state index contributed by atoms with van der Waals surface area (Å²) in [6, 6.07) is 7.66. The van der Waals surface area contributed by atoms with Gasteiger partial charge in [-0.25, -0.2) is 9.97 Å². The van der Waals surface area contributed by atoms with Gasteiger partial charge in [0.05, 0.1) is 18.2 Å². The number of rotatable bonds is 8. The Labute approximate surface area is 186 Å². The summed E-state index contributed by atoms with van der Waals surface area (Å²) in [5, 5.41) is 9.14. The summed E-state index contributed by atoms with van der Waals surface area (Å²) in [4.78, 5) is 35.3. The van der Waals surface area contributed by atoms with Crippen LogP contribution in [0.15, 0.2) is 36.7 Å². The van der Waals surface area contributed by atoms with Gasteiger partial charge in [0.25, 0.3) is 0 Å². The summed E-state index contributed by atoms with van der Waals surface area (Å²) >= 11 is 0. The number of carbonyl (C=O) groups is 2. The summed E-state index contributed by atoms with van der Waals surface area (Å²) in [5.74, 6) is 0.579. The van der Waals surface area contributed by atoms with Gasteiger partial charge in [0.15, 0.2) is 17.2 Å². The number of carboxylic acid groups (broad SMARTS) is 1. The Morgan fingerprint density at radius 1 is 1.22 bits per heavy atom. The highest BCUT2D eigenvalue weighted by molar-refractivity contribution is 5.96. The second-order valence-corrected chi connectivity index (χ2v) is 8.09. The van der Waals surface area contributed by atoms with Crippen LogP contribution in [0.4, 0.5) is 5.82 Å². The van der Waals surface area contributed by atoms with Crippen LogP contribution < -0.4 is 9.64 Å². The van der Waals surface area contributed by atoms with E-state index >= 15 is 0 Å². The number of hydrogen-bond acceptors (Lipinski definition) is 6. The number of ketones is 1. The Morgan fingerprint density at radius 3 is 2.66 bits per heavy atom. The molecule has 0 radical (unpaired) electrons. The molecule has 0 spiro atoms. The Bertz CT molecular complexity index is 1110. The molecule has 1 fully saturated rings. The molecule has 0 amide bonds. The van der Waals surface area contributed by atoms with Crippen LogP contribution in [-0.4, -0.2) is 50.9 Å². The maximum absolute atomic E-state index is 13.0. The molecule has 3 aromatic rings. The number of aliphatic carboxylic acids is 1. The number of aryl methyl sites for hydroxylation is 2. The Balaban J connectivity index is 1.40. The molecule has 4 heterocycles. The van der Waals surface area contributed by atoms with Gasteiger partial charge >= 0.3 is 5.97 Å². The van der Waals surface area contributed by atoms with Crippen molar-refractivity contribution in [1.82, 2.24) is 14.4 Å². The second-order valence-electron chi connectivity index (χ2n) is 8.09. The van der Waals surface area contributed by atoms with Gasteiger partial charge in [-0.2, -0.15) is 0 Å². The minimum atomic E-state index is -0.715. The highest BCUT2D eigenvalue weighted by Gasteiger charge is 2.25. The van der Waals surface area contributed by atoms with E-state index in [2.05, 4.69) is 14.9 Å². The third-order valence-electron chi connectivity index (χ3n) is 5.97. The molecule has 8 nitrogen and oxygen atoms in total. The molecule has 1 aliphatic rings. The molecule has 168 valence electrons. The standard InChI is InChI=1S/C24H28N4O4/c1-3-32-20-5-4-12-28-22(16(2)26-23(20)28)19(29)8-6-17-7-9-21(25-15-17)27-13-10-18(11-14-27)24(30)31/h4-5,7,9,12,15,18H,3,6,8,10-11,13-14H2,1-2H3,(H,30,31). The fourth-order valence-electron chi connectivity index (χ4n) is 4.24. The van der Waals surface area contributed by atoms with E-state index in [9.17, 15) is 9.59 Å². The predicted octanol–water partition coefficient (Wildman–Crippen LogP) is 3.55. The lowest BCUT2D eigenvalue weighted by atomic mass is 9.97. The molecule has 1 N–H and O–H groups in total. The van der Waals surface area contributed by atoms with Crippen molar-refractivity contribution in [2.24, 2.45) is 5.92 Å². The van der Waals surface area contributed by atoms with Gasteiger partial charge in [-0.1, -0.05) is 6.07 Å². The molecule has 32 heavy (non-hydrogen) atoms. The van der Waals surface area contributed by atoms with Gasteiger partial charge in [0.2, 0.25) is 0 Å². The third-order valence-corrected chi connectivity index (χ3v) is 5.97. The molecular weight excluding hydrogens is 408 g/mol. The Hall–Kier alpha value is -3.42. The van der Waals surface area contributed by atoms with E-state index in [4.69, 9.17) is 9.84 Å². The topological polar surface area (TPSA) is 97.0 Å². The number of pyridine rings is 2. The van der Waals surface area contributed by atoms with Crippen molar-refractivity contribution in [1.29, 1.82) is 0 Å². The number of piperidine rings is 1. The van der Waals surface area contributed by atoms with E-state index in [1.165, 1.54) is 0 Å². The second kappa shape index (κ2) is 9.38. The van der Waals surface area contributed by atoms with Gasteiger partial charge in [-0.15, -0.1) is 0 Å². The molecular formula is C24H28N4O4. The van der Waals surface area contributed by atoms with Crippen molar-refractivity contribution in [2.45, 2.75) is 39.5 Å². The van der Waals surface area contributed by atoms with E-state index < -0.39 is 5.97 Å². The first kappa shape index (κ1) is 21.8. The lowest BCUT2D eigenvalue weighted by Gasteiger charge is -2.31.